The zero-order valence-corrected chi connectivity index (χ0v) is 10.5. The number of carbonyl (C=O) groups is 1. The largest absolute Gasteiger partial charge is 0.573 e. The molecule has 2 aromatic rings. The lowest BCUT2D eigenvalue weighted by molar-refractivity contribution is -0.274. The molecule has 0 fully saturated rings. The number of carboxylic acid groups (broad SMARTS) is 1. The molecule has 2 rings (SSSR count). The zero-order chi connectivity index (χ0) is 15.6. The summed E-state index contributed by atoms with van der Waals surface area (Å²) in [6.07, 6.45) is -6.46. The lowest BCUT2D eigenvalue weighted by Crippen LogP contribution is -2.17. The molecule has 112 valence electrons. The highest BCUT2D eigenvalue weighted by Gasteiger charge is 2.31. The van der Waals surface area contributed by atoms with Gasteiger partial charge in [0.1, 0.15) is 5.75 Å². The Morgan fingerprint density at radius 2 is 2.10 bits per heavy atom. The van der Waals surface area contributed by atoms with E-state index in [0.717, 1.165) is 12.1 Å². The maximum atomic E-state index is 12.2. The maximum Gasteiger partial charge on any atom is 0.573 e. The van der Waals surface area contributed by atoms with E-state index in [1.165, 1.54) is 19.1 Å². The second-order valence-electron chi connectivity index (χ2n) is 3.81. The maximum absolute atomic E-state index is 12.2. The minimum absolute atomic E-state index is 0.100. The normalized spacial score (nSPS) is 11.2. The Kier molecular flexibility index (Phi) is 3.74. The Hall–Kier alpha value is -2.71. The minimum atomic E-state index is -4.84. The third-order valence-corrected chi connectivity index (χ3v) is 2.22. The van der Waals surface area contributed by atoms with Crippen LogP contribution < -0.4 is 9.47 Å². The highest BCUT2D eigenvalue weighted by Crippen LogP contribution is 2.33. The number of halogens is 3. The van der Waals surface area contributed by atoms with Crippen LogP contribution in [-0.2, 0) is 0 Å². The summed E-state index contributed by atoms with van der Waals surface area (Å²) in [7, 11) is 0. The van der Waals surface area contributed by atoms with E-state index in [0.29, 0.717) is 0 Å². The minimum Gasteiger partial charge on any atom is -0.449 e. The summed E-state index contributed by atoms with van der Waals surface area (Å²) >= 11 is 0. The van der Waals surface area contributed by atoms with Crippen LogP contribution in [0.3, 0.4) is 0 Å². The number of nitrogens with zero attached hydrogens (tertiary/aromatic N) is 1. The second-order valence-corrected chi connectivity index (χ2v) is 3.81. The molecular formula is C12H8F3NO5. The first-order valence-corrected chi connectivity index (χ1v) is 5.49. The summed E-state index contributed by atoms with van der Waals surface area (Å²) in [5.41, 5.74) is 0.133. The zero-order valence-electron chi connectivity index (χ0n) is 10.5. The fourth-order valence-electron chi connectivity index (χ4n) is 1.58. The highest BCUT2D eigenvalue weighted by molar-refractivity contribution is 5.69. The molecule has 1 N–H and O–H groups in total. The van der Waals surface area contributed by atoms with Crippen LogP contribution in [0.15, 0.2) is 28.7 Å². The quantitative estimate of drug-likeness (QED) is 0.872. The Morgan fingerprint density at radius 1 is 1.38 bits per heavy atom. The van der Waals surface area contributed by atoms with Gasteiger partial charge in [-0.3, -0.25) is 0 Å². The number of ether oxygens (including phenoxy) is 2. The first-order valence-electron chi connectivity index (χ1n) is 5.49. The van der Waals surface area contributed by atoms with E-state index in [1.807, 2.05) is 0 Å². The molecule has 0 aliphatic rings. The van der Waals surface area contributed by atoms with Crippen LogP contribution in [0.4, 0.5) is 18.0 Å². The van der Waals surface area contributed by atoms with Gasteiger partial charge in [0.15, 0.2) is 11.7 Å². The van der Waals surface area contributed by atoms with E-state index in [9.17, 15) is 18.0 Å². The molecule has 1 aromatic carbocycles. The summed E-state index contributed by atoms with van der Waals surface area (Å²) in [5.74, 6) is -0.842. The Bertz CT molecular complexity index is 665. The number of hydrogen-bond donors (Lipinski definition) is 1. The molecule has 0 aliphatic carbocycles. The summed E-state index contributed by atoms with van der Waals surface area (Å²) < 4.78 is 49.8. The van der Waals surface area contributed by atoms with Crippen LogP contribution in [0.2, 0.25) is 0 Å². The molecule has 9 heteroatoms. The molecule has 1 heterocycles. The van der Waals surface area contributed by atoms with Gasteiger partial charge in [-0.05, 0) is 12.1 Å². The monoisotopic (exact) mass is 303 g/mol. The fraction of sp³-hybridized carbons (Fsp3) is 0.167. The van der Waals surface area contributed by atoms with Crippen molar-refractivity contribution in [1.82, 2.24) is 4.98 Å². The Labute approximate surface area is 115 Å². The molecule has 0 unspecified atom stereocenters. The van der Waals surface area contributed by atoms with Gasteiger partial charge in [0.25, 0.3) is 5.88 Å². The molecule has 0 spiro atoms. The number of aromatic nitrogens is 1. The first kappa shape index (κ1) is 14.7. The van der Waals surface area contributed by atoms with E-state index in [-0.39, 0.29) is 23.1 Å². The fourth-order valence-corrected chi connectivity index (χ4v) is 1.58. The average Bonchev–Trinajstić information content (AvgIpc) is 2.67. The highest BCUT2D eigenvalue weighted by atomic mass is 19.4. The van der Waals surface area contributed by atoms with Gasteiger partial charge in [-0.15, -0.1) is 13.2 Å². The van der Waals surface area contributed by atoms with Crippen LogP contribution in [0.5, 0.6) is 11.6 Å². The first-order chi connectivity index (χ1) is 9.74. The summed E-state index contributed by atoms with van der Waals surface area (Å²) in [5, 5.41) is 8.58. The molecule has 0 radical (unpaired) electrons. The van der Waals surface area contributed by atoms with E-state index in [2.05, 4.69) is 14.5 Å². The predicted molar refractivity (Wildman–Crippen MR) is 62.0 cm³/mol. The number of alkyl halides is 3. The summed E-state index contributed by atoms with van der Waals surface area (Å²) in [6.45, 7) is 1.44. The van der Waals surface area contributed by atoms with Crippen molar-refractivity contribution in [3.8, 4) is 23.0 Å². The van der Waals surface area contributed by atoms with E-state index < -0.39 is 18.3 Å². The molecular weight excluding hydrogens is 295 g/mol. The van der Waals surface area contributed by atoms with Crippen LogP contribution in [-0.4, -0.2) is 22.6 Å². The van der Waals surface area contributed by atoms with Gasteiger partial charge in [0.2, 0.25) is 0 Å². The van der Waals surface area contributed by atoms with E-state index >= 15 is 0 Å². The number of hydrogen-bond acceptors (Lipinski definition) is 5. The van der Waals surface area contributed by atoms with Crippen molar-refractivity contribution in [1.29, 1.82) is 0 Å². The van der Waals surface area contributed by atoms with Gasteiger partial charge < -0.3 is 19.0 Å². The number of benzene rings is 1. The summed E-state index contributed by atoms with van der Waals surface area (Å²) in [4.78, 5) is 14.2. The van der Waals surface area contributed by atoms with Crippen molar-refractivity contribution in [3.63, 3.8) is 0 Å². The van der Waals surface area contributed by atoms with Crippen LogP contribution >= 0.6 is 0 Å². The Morgan fingerprint density at radius 3 is 2.71 bits per heavy atom. The van der Waals surface area contributed by atoms with Crippen LogP contribution in [0.1, 0.15) is 5.89 Å². The van der Waals surface area contributed by atoms with E-state index in [1.54, 1.807) is 0 Å². The molecule has 6 nitrogen and oxygen atoms in total. The molecule has 0 saturated carbocycles. The summed E-state index contributed by atoms with van der Waals surface area (Å²) in [6, 6.07) is 4.82. The standard InChI is InChI=1S/C12H8F3NO5/c1-6-16-10(20-11(17)18)9(19-6)7-3-2-4-8(5-7)21-12(13,14)15/h2-5H,1H3,(H,17,18). The van der Waals surface area contributed by atoms with Crippen LogP contribution in [0, 0.1) is 6.92 Å². The van der Waals surface area contributed by atoms with Gasteiger partial charge in [-0.25, -0.2) is 4.79 Å². The van der Waals surface area contributed by atoms with Crippen molar-refractivity contribution < 1.29 is 37.0 Å². The lowest BCUT2D eigenvalue weighted by atomic mass is 10.2. The van der Waals surface area contributed by atoms with Gasteiger partial charge in [0, 0.05) is 12.5 Å². The third-order valence-electron chi connectivity index (χ3n) is 2.22. The smallest absolute Gasteiger partial charge is 0.449 e. The molecule has 0 aliphatic heterocycles. The molecule has 0 bridgehead atoms. The predicted octanol–water partition coefficient (Wildman–Crippen LogP) is 3.61. The van der Waals surface area contributed by atoms with Crippen molar-refractivity contribution in [3.05, 3.63) is 30.2 Å². The van der Waals surface area contributed by atoms with Crippen molar-refractivity contribution in [2.75, 3.05) is 0 Å². The third kappa shape index (κ3) is 3.88. The number of aryl methyl sites for hydroxylation is 1. The average molecular weight is 303 g/mol. The number of oxazole rings is 1. The van der Waals surface area contributed by atoms with E-state index in [4.69, 9.17) is 9.52 Å². The van der Waals surface area contributed by atoms with Gasteiger partial charge >= 0.3 is 12.5 Å². The van der Waals surface area contributed by atoms with Crippen LogP contribution in [0.25, 0.3) is 11.3 Å². The van der Waals surface area contributed by atoms with Gasteiger partial charge in [-0.2, -0.15) is 4.98 Å². The number of rotatable bonds is 3. The lowest BCUT2D eigenvalue weighted by Gasteiger charge is -2.09. The molecule has 0 saturated heterocycles. The molecule has 1 aromatic heterocycles. The van der Waals surface area contributed by atoms with Gasteiger partial charge in [-0.1, -0.05) is 12.1 Å². The van der Waals surface area contributed by atoms with Gasteiger partial charge in [0.05, 0.1) is 0 Å². The van der Waals surface area contributed by atoms with Crippen molar-refractivity contribution >= 4 is 6.16 Å². The molecule has 0 atom stereocenters. The second kappa shape index (κ2) is 5.35. The van der Waals surface area contributed by atoms with Crippen molar-refractivity contribution in [2.24, 2.45) is 0 Å². The Balaban J connectivity index is 2.38. The SMILES string of the molecule is Cc1nc(OC(=O)O)c(-c2cccc(OC(F)(F)F)c2)o1. The molecule has 21 heavy (non-hydrogen) atoms. The molecule has 0 amide bonds. The topological polar surface area (TPSA) is 81.8 Å². The van der Waals surface area contributed by atoms with Crippen molar-refractivity contribution in [2.45, 2.75) is 13.3 Å².